The summed E-state index contributed by atoms with van der Waals surface area (Å²) in [5.41, 5.74) is 12.4. The van der Waals surface area contributed by atoms with Gasteiger partial charge in [-0.15, -0.1) is 0 Å². The third-order valence-corrected chi connectivity index (χ3v) is 5.60. The van der Waals surface area contributed by atoms with Crippen molar-refractivity contribution in [2.24, 2.45) is 11.5 Å². The molecule has 0 aliphatic rings. The summed E-state index contributed by atoms with van der Waals surface area (Å²) in [7, 11) is 0. The molecule has 206 valence electrons. The van der Waals surface area contributed by atoms with E-state index in [0.29, 0.717) is 5.69 Å². The smallest absolute Gasteiger partial charge is 0.326 e. The van der Waals surface area contributed by atoms with E-state index in [1.54, 1.807) is 12.1 Å². The largest absolute Gasteiger partial charge is 0.480 e. The van der Waals surface area contributed by atoms with E-state index in [-0.39, 0.29) is 25.7 Å². The number of hydrogen-bond donors (Lipinski definition) is 8. The Kier molecular flexibility index (Phi) is 11.4. The highest BCUT2D eigenvalue weighted by molar-refractivity contribution is 5.94. The lowest BCUT2D eigenvalue weighted by Gasteiger charge is -2.26. The van der Waals surface area contributed by atoms with E-state index in [9.17, 15) is 34.2 Å². The van der Waals surface area contributed by atoms with Gasteiger partial charge in [0, 0.05) is 24.7 Å². The molecule has 0 saturated carbocycles. The summed E-state index contributed by atoms with van der Waals surface area (Å²) in [6.45, 7) is 1.22. The topological polar surface area (TPSA) is 243 Å². The van der Waals surface area contributed by atoms with E-state index in [4.69, 9.17) is 11.5 Å². The van der Waals surface area contributed by atoms with Crippen molar-refractivity contribution < 1.29 is 34.2 Å². The molecule has 1 aromatic carbocycles. The first-order valence-electron chi connectivity index (χ1n) is 11.8. The molecular weight excluding hydrogens is 498 g/mol. The molecule has 0 aliphatic heterocycles. The Bertz CT molecular complexity index is 1090. The number of aliphatic hydroxyl groups excluding tert-OH is 1. The van der Waals surface area contributed by atoms with Gasteiger partial charge in [-0.3, -0.25) is 19.2 Å². The summed E-state index contributed by atoms with van der Waals surface area (Å²) in [4.78, 5) is 67.9. The van der Waals surface area contributed by atoms with Crippen LogP contribution in [0.15, 0.2) is 42.9 Å². The second kappa shape index (κ2) is 14.4. The summed E-state index contributed by atoms with van der Waals surface area (Å²) in [5.74, 6) is -4.63. The Morgan fingerprint density at radius 1 is 0.974 bits per heavy atom. The van der Waals surface area contributed by atoms with E-state index >= 15 is 0 Å². The number of hydrogen-bond acceptors (Lipinski definition) is 8. The molecule has 0 aliphatic carbocycles. The van der Waals surface area contributed by atoms with Crippen LogP contribution in [0.4, 0.5) is 0 Å². The van der Waals surface area contributed by atoms with Gasteiger partial charge >= 0.3 is 5.97 Å². The highest BCUT2D eigenvalue weighted by Crippen LogP contribution is 2.06. The van der Waals surface area contributed by atoms with Crippen molar-refractivity contribution in [3.05, 3.63) is 54.1 Å². The van der Waals surface area contributed by atoms with E-state index < -0.39 is 59.9 Å². The Balaban J connectivity index is 2.14. The number of aliphatic hydroxyl groups is 1. The molecule has 0 spiro atoms. The Morgan fingerprint density at radius 2 is 1.63 bits per heavy atom. The Labute approximate surface area is 218 Å². The first-order chi connectivity index (χ1) is 18.0. The van der Waals surface area contributed by atoms with Crippen molar-refractivity contribution in [1.82, 2.24) is 25.9 Å². The molecule has 4 amide bonds. The van der Waals surface area contributed by atoms with Crippen molar-refractivity contribution in [3.63, 3.8) is 0 Å². The summed E-state index contributed by atoms with van der Waals surface area (Å²) < 4.78 is 0. The van der Waals surface area contributed by atoms with Gasteiger partial charge in [0.2, 0.25) is 23.6 Å². The maximum absolute atomic E-state index is 13.2. The number of aromatic amines is 1. The number of nitrogens with zero attached hydrogens (tertiary/aromatic N) is 1. The number of carboxylic acids is 1. The maximum atomic E-state index is 13.2. The molecule has 2 rings (SSSR count). The van der Waals surface area contributed by atoms with Gasteiger partial charge in [0.25, 0.3) is 0 Å². The molecule has 0 fully saturated rings. The number of aromatic nitrogens is 2. The highest BCUT2D eigenvalue weighted by atomic mass is 16.4. The summed E-state index contributed by atoms with van der Waals surface area (Å²) in [5, 5.41) is 26.6. The number of nitrogens with two attached hydrogens (primary N) is 2. The van der Waals surface area contributed by atoms with Crippen LogP contribution in [0.1, 0.15) is 31.0 Å². The molecule has 2 aromatic rings. The number of imidazole rings is 1. The fourth-order valence-corrected chi connectivity index (χ4v) is 3.53. The van der Waals surface area contributed by atoms with Crippen LogP contribution in [-0.4, -0.2) is 80.1 Å². The molecule has 14 nitrogen and oxygen atoms in total. The molecule has 5 atom stereocenters. The van der Waals surface area contributed by atoms with Gasteiger partial charge in [0.05, 0.1) is 18.5 Å². The van der Waals surface area contributed by atoms with Crippen molar-refractivity contribution in [3.8, 4) is 0 Å². The molecule has 38 heavy (non-hydrogen) atoms. The number of carbonyl (C=O) groups excluding carboxylic acids is 4. The van der Waals surface area contributed by atoms with Crippen LogP contribution in [0.3, 0.4) is 0 Å². The van der Waals surface area contributed by atoms with Crippen molar-refractivity contribution in [2.45, 2.75) is 62.9 Å². The van der Waals surface area contributed by atoms with Crippen molar-refractivity contribution in [1.29, 1.82) is 0 Å². The number of benzene rings is 1. The predicted molar refractivity (Wildman–Crippen MR) is 134 cm³/mol. The van der Waals surface area contributed by atoms with Crippen LogP contribution >= 0.6 is 0 Å². The monoisotopic (exact) mass is 531 g/mol. The maximum Gasteiger partial charge on any atom is 0.326 e. The lowest BCUT2D eigenvalue weighted by Crippen LogP contribution is -2.60. The third-order valence-electron chi connectivity index (χ3n) is 5.60. The second-order valence-corrected chi connectivity index (χ2v) is 8.77. The normalized spacial score (nSPS) is 14.8. The van der Waals surface area contributed by atoms with Gasteiger partial charge in [0.1, 0.15) is 18.1 Å². The first kappa shape index (κ1) is 29.9. The van der Waals surface area contributed by atoms with Crippen LogP contribution in [0.2, 0.25) is 0 Å². The fourth-order valence-electron chi connectivity index (χ4n) is 3.53. The van der Waals surface area contributed by atoms with Gasteiger partial charge in [-0.2, -0.15) is 0 Å². The number of nitrogens with one attached hydrogen (secondary N) is 4. The van der Waals surface area contributed by atoms with Gasteiger partial charge < -0.3 is 42.6 Å². The molecule has 0 bridgehead atoms. The fraction of sp³-hybridized carbons (Fsp3) is 0.417. The molecule has 14 heteroatoms. The number of rotatable bonds is 15. The molecule has 0 radical (unpaired) electrons. The minimum Gasteiger partial charge on any atom is -0.480 e. The van der Waals surface area contributed by atoms with E-state index in [0.717, 1.165) is 5.56 Å². The molecular formula is C24H33N7O7. The van der Waals surface area contributed by atoms with Gasteiger partial charge in [-0.05, 0) is 25.3 Å². The summed E-state index contributed by atoms with van der Waals surface area (Å²) in [6.07, 6.45) is 0.988. The number of primary amides is 1. The summed E-state index contributed by atoms with van der Waals surface area (Å²) >= 11 is 0. The minimum absolute atomic E-state index is 0.0415. The molecule has 10 N–H and O–H groups in total. The van der Waals surface area contributed by atoms with Crippen molar-refractivity contribution >= 4 is 29.6 Å². The van der Waals surface area contributed by atoms with Gasteiger partial charge in [-0.25, -0.2) is 9.78 Å². The van der Waals surface area contributed by atoms with Crippen LogP contribution < -0.4 is 27.4 Å². The van der Waals surface area contributed by atoms with Crippen LogP contribution in [0, 0.1) is 0 Å². The minimum atomic E-state index is -1.57. The number of amides is 4. The van der Waals surface area contributed by atoms with Crippen LogP contribution in [0.25, 0.3) is 0 Å². The van der Waals surface area contributed by atoms with E-state index in [2.05, 4.69) is 25.9 Å². The summed E-state index contributed by atoms with van der Waals surface area (Å²) in [6, 6.07) is 3.79. The lowest BCUT2D eigenvalue weighted by atomic mass is 10.0. The lowest BCUT2D eigenvalue weighted by molar-refractivity contribution is -0.143. The SMILES string of the molecule is CC(O)C(NC(=O)C(Cc1cnc[nH]1)NC(=O)C(N)Cc1ccccc1)C(=O)NC(CCC(N)=O)C(=O)O. The second-order valence-electron chi connectivity index (χ2n) is 8.77. The zero-order valence-electron chi connectivity index (χ0n) is 20.8. The average Bonchev–Trinajstić information content (AvgIpc) is 3.37. The Hall–Kier alpha value is -4.30. The first-order valence-corrected chi connectivity index (χ1v) is 11.8. The van der Waals surface area contributed by atoms with Crippen LogP contribution in [-0.2, 0) is 36.8 Å². The third kappa shape index (κ3) is 9.63. The zero-order valence-corrected chi connectivity index (χ0v) is 20.8. The van der Waals surface area contributed by atoms with Gasteiger partial charge in [-0.1, -0.05) is 30.3 Å². The highest BCUT2D eigenvalue weighted by Gasteiger charge is 2.33. The van der Waals surface area contributed by atoms with Crippen molar-refractivity contribution in [2.75, 3.05) is 0 Å². The molecule has 0 saturated heterocycles. The number of aliphatic carboxylic acids is 1. The zero-order chi connectivity index (χ0) is 28.2. The van der Waals surface area contributed by atoms with Gasteiger partial charge in [0.15, 0.2) is 0 Å². The number of carbonyl (C=O) groups is 5. The number of carboxylic acid groups (broad SMARTS) is 1. The van der Waals surface area contributed by atoms with E-state index in [1.165, 1.54) is 19.4 Å². The average molecular weight is 532 g/mol. The van der Waals surface area contributed by atoms with E-state index in [1.807, 2.05) is 18.2 Å². The number of H-pyrrole nitrogens is 1. The van der Waals surface area contributed by atoms with Crippen LogP contribution in [0.5, 0.6) is 0 Å². The predicted octanol–water partition coefficient (Wildman–Crippen LogP) is -2.29. The quantitative estimate of drug-likeness (QED) is 0.123. The molecule has 1 aromatic heterocycles. The molecule has 1 heterocycles. The molecule has 5 unspecified atom stereocenters. The standard InChI is InChI=1S/C24H33N7O7/c1-13(32)20(23(36)29-17(24(37)38)7-8-19(26)33)31-22(35)18(10-15-11-27-12-28-15)30-21(34)16(25)9-14-5-3-2-4-6-14/h2-6,11-13,16-18,20,32H,7-10,25H2,1H3,(H2,26,33)(H,27,28)(H,29,36)(H,30,34)(H,31,35)(H,37,38). The Morgan fingerprint density at radius 3 is 2.18 bits per heavy atom.